The summed E-state index contributed by atoms with van der Waals surface area (Å²) in [4.78, 5) is 4.31. The Hall–Kier alpha value is -1.55. The van der Waals surface area contributed by atoms with E-state index in [1.54, 1.807) is 18.4 Å². The maximum absolute atomic E-state index is 5.19. The Bertz CT molecular complexity index is 482. The van der Waals surface area contributed by atoms with Crippen molar-refractivity contribution in [3.8, 4) is 5.75 Å². The molecule has 1 unspecified atom stereocenters. The van der Waals surface area contributed by atoms with Crippen molar-refractivity contribution in [2.45, 2.75) is 19.9 Å². The Morgan fingerprint density at radius 2 is 2.24 bits per heavy atom. The van der Waals surface area contributed by atoms with E-state index in [2.05, 4.69) is 24.1 Å². The van der Waals surface area contributed by atoms with Crippen molar-refractivity contribution in [3.63, 3.8) is 0 Å². The van der Waals surface area contributed by atoms with Crippen molar-refractivity contribution in [2.24, 2.45) is 0 Å². The summed E-state index contributed by atoms with van der Waals surface area (Å²) in [5.41, 5.74) is 2.29. The molecule has 0 spiro atoms. The van der Waals surface area contributed by atoms with Gasteiger partial charge in [-0.25, -0.2) is 4.98 Å². The third kappa shape index (κ3) is 2.77. The third-order valence-electron chi connectivity index (χ3n) is 2.63. The molecule has 0 aliphatic carbocycles. The predicted octanol–water partition coefficient (Wildman–Crippen LogP) is 3.63. The number of methoxy groups -OCH3 is 1. The summed E-state index contributed by atoms with van der Waals surface area (Å²) < 4.78 is 5.19. The molecule has 0 saturated carbocycles. The molecule has 1 heterocycles. The number of hydrogen-bond donors (Lipinski definition) is 1. The van der Waals surface area contributed by atoms with Crippen LogP contribution in [-0.4, -0.2) is 12.1 Å². The van der Waals surface area contributed by atoms with Crippen LogP contribution in [0.1, 0.15) is 23.5 Å². The van der Waals surface area contributed by atoms with E-state index in [0.717, 1.165) is 16.4 Å². The highest BCUT2D eigenvalue weighted by atomic mass is 32.1. The molecule has 0 saturated heterocycles. The zero-order chi connectivity index (χ0) is 12.3. The molecule has 0 radical (unpaired) electrons. The number of aromatic nitrogens is 1. The fourth-order valence-corrected chi connectivity index (χ4v) is 2.31. The lowest BCUT2D eigenvalue weighted by atomic mass is 10.1. The molecule has 1 N–H and O–H groups in total. The first kappa shape index (κ1) is 11.9. The van der Waals surface area contributed by atoms with Crippen LogP contribution in [0.5, 0.6) is 5.75 Å². The number of aryl methyl sites for hydroxylation is 1. The lowest BCUT2D eigenvalue weighted by Crippen LogP contribution is -2.07. The van der Waals surface area contributed by atoms with Gasteiger partial charge in [0.05, 0.1) is 13.2 Å². The zero-order valence-electron chi connectivity index (χ0n) is 10.2. The molecule has 0 aliphatic rings. The van der Waals surface area contributed by atoms with Crippen LogP contribution in [0.15, 0.2) is 29.8 Å². The zero-order valence-corrected chi connectivity index (χ0v) is 11.0. The van der Waals surface area contributed by atoms with E-state index in [4.69, 9.17) is 4.74 Å². The van der Waals surface area contributed by atoms with Gasteiger partial charge in [0.1, 0.15) is 10.8 Å². The van der Waals surface area contributed by atoms with Crippen molar-refractivity contribution in [1.29, 1.82) is 0 Å². The van der Waals surface area contributed by atoms with E-state index in [9.17, 15) is 0 Å². The van der Waals surface area contributed by atoms with Crippen LogP contribution in [-0.2, 0) is 0 Å². The largest absolute Gasteiger partial charge is 0.497 e. The molecule has 2 aromatic rings. The molecule has 17 heavy (non-hydrogen) atoms. The van der Waals surface area contributed by atoms with E-state index < -0.39 is 0 Å². The second-order valence-corrected chi connectivity index (χ2v) is 4.84. The number of hydrogen-bond acceptors (Lipinski definition) is 4. The van der Waals surface area contributed by atoms with Crippen molar-refractivity contribution in [1.82, 2.24) is 4.98 Å². The second kappa shape index (κ2) is 5.19. The standard InChI is InChI=1S/C13H16N2OS/c1-9-8-11(16-3)4-5-12(9)15-10(2)13-14-6-7-17-13/h4-8,10,15H,1-3H3. The van der Waals surface area contributed by atoms with Gasteiger partial charge in [-0.15, -0.1) is 11.3 Å². The Balaban J connectivity index is 2.13. The minimum absolute atomic E-state index is 0.224. The summed E-state index contributed by atoms with van der Waals surface area (Å²) in [6.07, 6.45) is 1.83. The summed E-state index contributed by atoms with van der Waals surface area (Å²) >= 11 is 1.67. The van der Waals surface area contributed by atoms with E-state index in [1.165, 1.54) is 5.56 Å². The van der Waals surface area contributed by atoms with Gasteiger partial charge in [-0.2, -0.15) is 0 Å². The van der Waals surface area contributed by atoms with Gasteiger partial charge in [0.15, 0.2) is 0 Å². The average molecular weight is 248 g/mol. The predicted molar refractivity (Wildman–Crippen MR) is 71.9 cm³/mol. The van der Waals surface area contributed by atoms with Gasteiger partial charge in [0.25, 0.3) is 0 Å². The van der Waals surface area contributed by atoms with Crippen LogP contribution < -0.4 is 10.1 Å². The van der Waals surface area contributed by atoms with Crippen LogP contribution in [0.3, 0.4) is 0 Å². The normalized spacial score (nSPS) is 12.2. The van der Waals surface area contributed by atoms with Crippen molar-refractivity contribution in [3.05, 3.63) is 40.3 Å². The number of thiazole rings is 1. The van der Waals surface area contributed by atoms with Crippen molar-refractivity contribution in [2.75, 3.05) is 12.4 Å². The van der Waals surface area contributed by atoms with Gasteiger partial charge in [-0.1, -0.05) is 0 Å². The van der Waals surface area contributed by atoms with Gasteiger partial charge < -0.3 is 10.1 Å². The van der Waals surface area contributed by atoms with Crippen molar-refractivity contribution >= 4 is 17.0 Å². The fourth-order valence-electron chi connectivity index (χ4n) is 1.67. The number of nitrogens with zero attached hydrogens (tertiary/aromatic N) is 1. The van der Waals surface area contributed by atoms with E-state index >= 15 is 0 Å². The molecule has 0 amide bonds. The van der Waals surface area contributed by atoms with Gasteiger partial charge in [0, 0.05) is 17.3 Å². The smallest absolute Gasteiger partial charge is 0.119 e. The van der Waals surface area contributed by atoms with E-state index in [1.807, 2.05) is 29.8 Å². The highest BCUT2D eigenvalue weighted by Crippen LogP contribution is 2.26. The maximum atomic E-state index is 5.19. The minimum Gasteiger partial charge on any atom is -0.497 e. The van der Waals surface area contributed by atoms with Crippen LogP contribution in [0.4, 0.5) is 5.69 Å². The average Bonchev–Trinajstić information content (AvgIpc) is 2.85. The first-order valence-electron chi connectivity index (χ1n) is 5.51. The summed E-state index contributed by atoms with van der Waals surface area (Å²) in [7, 11) is 1.68. The van der Waals surface area contributed by atoms with Gasteiger partial charge >= 0.3 is 0 Å². The highest BCUT2D eigenvalue weighted by Gasteiger charge is 2.09. The summed E-state index contributed by atoms with van der Waals surface area (Å²) in [5, 5.41) is 6.55. The molecular formula is C13H16N2OS. The molecule has 90 valence electrons. The Labute approximate surface area is 105 Å². The quantitative estimate of drug-likeness (QED) is 0.897. The molecule has 2 rings (SSSR count). The molecule has 0 fully saturated rings. The van der Waals surface area contributed by atoms with Crippen LogP contribution in [0.25, 0.3) is 0 Å². The summed E-state index contributed by atoms with van der Waals surface area (Å²) in [6, 6.07) is 6.25. The van der Waals surface area contributed by atoms with Crippen LogP contribution in [0.2, 0.25) is 0 Å². The number of anilines is 1. The minimum atomic E-state index is 0.224. The SMILES string of the molecule is COc1ccc(NC(C)c2nccs2)c(C)c1. The Morgan fingerprint density at radius 3 is 2.82 bits per heavy atom. The highest BCUT2D eigenvalue weighted by molar-refractivity contribution is 7.09. The first-order valence-corrected chi connectivity index (χ1v) is 6.39. The molecule has 1 aromatic carbocycles. The molecule has 3 nitrogen and oxygen atoms in total. The fraction of sp³-hybridized carbons (Fsp3) is 0.308. The molecule has 1 atom stereocenters. The Kier molecular flexibility index (Phi) is 3.64. The van der Waals surface area contributed by atoms with Crippen LogP contribution >= 0.6 is 11.3 Å². The molecule has 0 bridgehead atoms. The summed E-state index contributed by atoms with van der Waals surface area (Å²) in [5.74, 6) is 0.884. The summed E-state index contributed by atoms with van der Waals surface area (Å²) in [6.45, 7) is 4.18. The topological polar surface area (TPSA) is 34.1 Å². The van der Waals surface area contributed by atoms with Crippen molar-refractivity contribution < 1.29 is 4.74 Å². The number of ether oxygens (including phenoxy) is 1. The molecule has 0 aliphatic heterocycles. The van der Waals surface area contributed by atoms with E-state index in [0.29, 0.717) is 0 Å². The first-order chi connectivity index (χ1) is 8.20. The lowest BCUT2D eigenvalue weighted by molar-refractivity contribution is 0.414. The van der Waals surface area contributed by atoms with Gasteiger partial charge in [-0.05, 0) is 37.6 Å². The molecular weight excluding hydrogens is 232 g/mol. The molecule has 1 aromatic heterocycles. The van der Waals surface area contributed by atoms with E-state index in [-0.39, 0.29) is 6.04 Å². The monoisotopic (exact) mass is 248 g/mol. The van der Waals surface area contributed by atoms with Gasteiger partial charge in [-0.3, -0.25) is 0 Å². The Morgan fingerprint density at radius 1 is 1.41 bits per heavy atom. The number of rotatable bonds is 4. The van der Waals surface area contributed by atoms with Crippen LogP contribution in [0, 0.1) is 6.92 Å². The maximum Gasteiger partial charge on any atom is 0.119 e. The third-order valence-corrected chi connectivity index (χ3v) is 3.59. The number of nitrogens with one attached hydrogen (secondary N) is 1. The number of benzene rings is 1. The second-order valence-electron chi connectivity index (χ2n) is 3.92. The molecule has 4 heteroatoms. The lowest BCUT2D eigenvalue weighted by Gasteiger charge is -2.15. The van der Waals surface area contributed by atoms with Gasteiger partial charge in [0.2, 0.25) is 0 Å².